The van der Waals surface area contributed by atoms with Crippen LogP contribution in [0.15, 0.2) is 0 Å². The lowest BCUT2D eigenvalue weighted by atomic mass is 9.61. The van der Waals surface area contributed by atoms with E-state index in [9.17, 15) is 14.7 Å². The fourth-order valence-electron chi connectivity index (χ4n) is 6.72. The molecule has 4 N–H and O–H groups in total. The number of hydrogen-bond acceptors (Lipinski definition) is 4. The first-order valence-corrected chi connectivity index (χ1v) is 12.4. The van der Waals surface area contributed by atoms with Crippen LogP contribution in [0, 0.1) is 29.6 Å². The molecule has 6 nitrogen and oxygen atoms in total. The molecule has 1 saturated heterocycles. The number of aliphatic carboxylic acids is 1. The second kappa shape index (κ2) is 10.9. The number of carbonyl (C=O) groups is 2. The molecule has 0 bridgehead atoms. The number of nitrogens with two attached hydrogens (primary N) is 1. The Morgan fingerprint density at radius 3 is 2.57 bits per heavy atom. The minimum atomic E-state index is -0.774. The zero-order chi connectivity index (χ0) is 21.7. The largest absolute Gasteiger partial charge is 0.480 e. The lowest BCUT2D eigenvalue weighted by molar-refractivity contribution is -0.139. The maximum absolute atomic E-state index is 11.9. The van der Waals surface area contributed by atoms with Gasteiger partial charge in [0, 0.05) is 12.0 Å². The molecule has 0 radical (unpaired) electrons. The Labute approximate surface area is 182 Å². The summed E-state index contributed by atoms with van der Waals surface area (Å²) in [5.74, 6) is 1.70. The van der Waals surface area contributed by atoms with Crippen LogP contribution in [0.1, 0.15) is 84.0 Å². The first-order chi connectivity index (χ1) is 14.4. The van der Waals surface area contributed by atoms with E-state index in [2.05, 4.69) is 12.2 Å². The van der Waals surface area contributed by atoms with Crippen LogP contribution in [0.5, 0.6) is 0 Å². The van der Waals surface area contributed by atoms with E-state index >= 15 is 0 Å². The summed E-state index contributed by atoms with van der Waals surface area (Å²) in [5, 5.41) is 13.1. The van der Waals surface area contributed by atoms with Gasteiger partial charge in [0.1, 0.15) is 0 Å². The number of carboxylic acids is 1. The van der Waals surface area contributed by atoms with E-state index < -0.39 is 5.97 Å². The van der Waals surface area contributed by atoms with Gasteiger partial charge in [-0.1, -0.05) is 45.4 Å². The van der Waals surface area contributed by atoms with Gasteiger partial charge in [0.25, 0.3) is 0 Å². The number of nitrogens with zero attached hydrogens (tertiary/aromatic N) is 1. The molecular formula is C24H43N3O3. The van der Waals surface area contributed by atoms with Crippen molar-refractivity contribution in [1.29, 1.82) is 0 Å². The Balaban J connectivity index is 1.73. The van der Waals surface area contributed by atoms with Crippen LogP contribution in [0.3, 0.4) is 0 Å². The molecule has 2 saturated carbocycles. The Morgan fingerprint density at radius 2 is 1.87 bits per heavy atom. The number of primary amides is 1. The second-order valence-corrected chi connectivity index (χ2v) is 10.4. The highest BCUT2D eigenvalue weighted by Gasteiger charge is 2.45. The first kappa shape index (κ1) is 23.5. The van der Waals surface area contributed by atoms with Crippen molar-refractivity contribution in [3.05, 3.63) is 0 Å². The average molecular weight is 422 g/mol. The van der Waals surface area contributed by atoms with Gasteiger partial charge in [-0.2, -0.15) is 0 Å². The third-order valence-corrected chi connectivity index (χ3v) is 8.32. The van der Waals surface area contributed by atoms with Gasteiger partial charge in [0.05, 0.1) is 12.7 Å². The van der Waals surface area contributed by atoms with E-state index in [-0.39, 0.29) is 24.5 Å². The molecule has 0 aromatic rings. The highest BCUT2D eigenvalue weighted by Crippen LogP contribution is 2.48. The second-order valence-electron chi connectivity index (χ2n) is 10.4. The van der Waals surface area contributed by atoms with E-state index in [1.807, 2.05) is 11.9 Å². The molecule has 2 aliphatic carbocycles. The number of fused-ring (bicyclic) bond motifs is 1. The molecule has 3 fully saturated rings. The summed E-state index contributed by atoms with van der Waals surface area (Å²) in [6, 6.07) is 0.473. The summed E-state index contributed by atoms with van der Waals surface area (Å²) in [7, 11) is 1.92. The zero-order valence-electron chi connectivity index (χ0n) is 19.0. The van der Waals surface area contributed by atoms with E-state index in [0.717, 1.165) is 31.6 Å². The SMILES string of the molecule is CCCCCC1CCC2NC(N(C)CC(=O)O)CC(C3CCCC(C(N)=O)C3)C2C1. The standard InChI is InChI=1S/C24H43N3O3/c1-3-4-5-7-16-10-11-21-20(12-16)19(14-22(26-21)27(2)15-23(28)29)17-8-6-9-18(13-17)24(25)30/h16-22,26H,3-15H2,1-2H3,(H2,25,30)(H,28,29). The first-order valence-electron chi connectivity index (χ1n) is 12.4. The molecule has 7 unspecified atom stereocenters. The van der Waals surface area contributed by atoms with E-state index in [4.69, 9.17) is 5.73 Å². The molecule has 0 aromatic heterocycles. The van der Waals surface area contributed by atoms with Crippen molar-refractivity contribution >= 4 is 11.9 Å². The van der Waals surface area contributed by atoms with Crippen molar-refractivity contribution < 1.29 is 14.7 Å². The third kappa shape index (κ3) is 5.97. The van der Waals surface area contributed by atoms with E-state index in [1.54, 1.807) is 0 Å². The number of piperidine rings is 1. The number of hydrogen-bond donors (Lipinski definition) is 3. The predicted molar refractivity (Wildman–Crippen MR) is 119 cm³/mol. The summed E-state index contributed by atoms with van der Waals surface area (Å²) in [5.41, 5.74) is 5.69. The maximum Gasteiger partial charge on any atom is 0.317 e. The fourth-order valence-corrected chi connectivity index (χ4v) is 6.72. The number of nitrogens with one attached hydrogen (secondary N) is 1. The number of amides is 1. The molecular weight excluding hydrogens is 378 g/mol. The quantitative estimate of drug-likeness (QED) is 0.495. The average Bonchev–Trinajstić information content (AvgIpc) is 2.72. The van der Waals surface area contributed by atoms with Gasteiger partial charge in [-0.3, -0.25) is 19.8 Å². The number of rotatable bonds is 9. The van der Waals surface area contributed by atoms with Crippen molar-refractivity contribution in [2.24, 2.45) is 35.3 Å². The van der Waals surface area contributed by atoms with Gasteiger partial charge >= 0.3 is 5.97 Å². The van der Waals surface area contributed by atoms with Gasteiger partial charge in [-0.25, -0.2) is 0 Å². The van der Waals surface area contributed by atoms with Crippen LogP contribution in [0.25, 0.3) is 0 Å². The Morgan fingerprint density at radius 1 is 1.07 bits per heavy atom. The highest BCUT2D eigenvalue weighted by molar-refractivity contribution is 5.76. The smallest absolute Gasteiger partial charge is 0.317 e. The topological polar surface area (TPSA) is 95.7 Å². The summed E-state index contributed by atoms with van der Waals surface area (Å²) in [6.07, 6.45) is 14.3. The van der Waals surface area contributed by atoms with Crippen LogP contribution in [-0.4, -0.2) is 47.7 Å². The summed E-state index contributed by atoms with van der Waals surface area (Å²) in [6.45, 7) is 2.33. The van der Waals surface area contributed by atoms with Gasteiger partial charge in [0.15, 0.2) is 0 Å². The molecule has 0 spiro atoms. The van der Waals surface area contributed by atoms with Crippen LogP contribution >= 0.6 is 0 Å². The van der Waals surface area contributed by atoms with Crippen LogP contribution < -0.4 is 11.1 Å². The minimum absolute atomic E-state index is 0.0243. The summed E-state index contributed by atoms with van der Waals surface area (Å²) < 4.78 is 0. The van der Waals surface area contributed by atoms with Crippen molar-refractivity contribution in [1.82, 2.24) is 10.2 Å². The van der Waals surface area contributed by atoms with Crippen LogP contribution in [0.4, 0.5) is 0 Å². The van der Waals surface area contributed by atoms with Gasteiger partial charge in [-0.05, 0) is 69.2 Å². The fraction of sp³-hybridized carbons (Fsp3) is 0.917. The van der Waals surface area contributed by atoms with Gasteiger partial charge < -0.3 is 10.8 Å². The molecule has 1 aliphatic heterocycles. The lowest BCUT2D eigenvalue weighted by Gasteiger charge is -2.52. The highest BCUT2D eigenvalue weighted by atomic mass is 16.4. The van der Waals surface area contributed by atoms with Crippen molar-refractivity contribution in [2.75, 3.05) is 13.6 Å². The Hall–Kier alpha value is -1.14. The van der Waals surface area contributed by atoms with Crippen molar-refractivity contribution in [3.63, 3.8) is 0 Å². The molecule has 1 amide bonds. The lowest BCUT2D eigenvalue weighted by Crippen LogP contribution is -2.60. The summed E-state index contributed by atoms with van der Waals surface area (Å²) in [4.78, 5) is 25.1. The summed E-state index contributed by atoms with van der Waals surface area (Å²) >= 11 is 0. The number of carbonyl (C=O) groups excluding carboxylic acids is 1. The molecule has 6 heteroatoms. The molecule has 7 atom stereocenters. The van der Waals surface area contributed by atoms with Gasteiger partial charge in [-0.15, -0.1) is 0 Å². The van der Waals surface area contributed by atoms with E-state index in [1.165, 1.54) is 51.4 Å². The molecule has 0 aromatic carbocycles. The van der Waals surface area contributed by atoms with Gasteiger partial charge in [0.2, 0.25) is 5.91 Å². The molecule has 1 heterocycles. The van der Waals surface area contributed by atoms with Crippen LogP contribution in [-0.2, 0) is 9.59 Å². The number of unbranched alkanes of at least 4 members (excludes halogenated alkanes) is 2. The normalized spacial score (nSPS) is 37.0. The maximum atomic E-state index is 11.9. The molecule has 172 valence electrons. The predicted octanol–water partition coefficient (Wildman–Crippen LogP) is 3.60. The minimum Gasteiger partial charge on any atom is -0.480 e. The zero-order valence-corrected chi connectivity index (χ0v) is 19.0. The monoisotopic (exact) mass is 421 g/mol. The van der Waals surface area contributed by atoms with E-state index in [0.29, 0.717) is 23.8 Å². The Kier molecular flexibility index (Phi) is 8.58. The van der Waals surface area contributed by atoms with Crippen LogP contribution in [0.2, 0.25) is 0 Å². The molecule has 30 heavy (non-hydrogen) atoms. The Bertz CT molecular complexity index is 584. The molecule has 3 aliphatic rings. The molecule has 3 rings (SSSR count). The third-order valence-electron chi connectivity index (χ3n) is 8.32. The van der Waals surface area contributed by atoms with Crippen molar-refractivity contribution in [3.8, 4) is 0 Å². The number of likely N-dealkylation sites (N-methyl/N-ethyl adjacent to an activating group) is 1. The number of carboxylic acid groups (broad SMARTS) is 1. The van der Waals surface area contributed by atoms with Crippen molar-refractivity contribution in [2.45, 2.75) is 96.2 Å².